The third kappa shape index (κ3) is 12.3. The van der Waals surface area contributed by atoms with Gasteiger partial charge in [-0.15, -0.1) is 0 Å². The zero-order valence-corrected chi connectivity index (χ0v) is 15.1. The molecule has 3 heteroatoms. The van der Waals surface area contributed by atoms with E-state index in [0.29, 0.717) is 6.61 Å². The second-order valence-corrected chi connectivity index (χ2v) is 12.3. The van der Waals surface area contributed by atoms with Crippen LogP contribution in [-0.4, -0.2) is 14.7 Å². The summed E-state index contributed by atoms with van der Waals surface area (Å²) in [5.74, 6) is -0.125. The highest BCUT2D eigenvalue weighted by Crippen LogP contribution is 2.18. The van der Waals surface area contributed by atoms with E-state index < -0.39 is 8.07 Å². The molecule has 0 spiro atoms. The molecule has 0 aromatic heterocycles. The van der Waals surface area contributed by atoms with Gasteiger partial charge in [0, 0.05) is 13.6 Å². The Hall–Kier alpha value is -0.703. The van der Waals surface area contributed by atoms with Crippen LogP contribution in [0.15, 0.2) is 23.7 Å². The van der Waals surface area contributed by atoms with Crippen LogP contribution in [0, 0.1) is 0 Å². The fourth-order valence-electron chi connectivity index (χ4n) is 2.17. The van der Waals surface area contributed by atoms with Crippen LogP contribution in [0.1, 0.15) is 52.4 Å². The first-order chi connectivity index (χ1) is 9.37. The van der Waals surface area contributed by atoms with Gasteiger partial charge in [0.25, 0.3) is 0 Å². The van der Waals surface area contributed by atoms with Crippen molar-refractivity contribution in [3.05, 3.63) is 23.7 Å². The number of hydrogen-bond acceptors (Lipinski definition) is 1. The number of hydrogen-bond donors (Lipinski definition) is 0. The van der Waals surface area contributed by atoms with Crippen LogP contribution in [-0.2, 0) is 9.84 Å². The van der Waals surface area contributed by atoms with Gasteiger partial charge in [0.2, 0.25) is 0 Å². The lowest BCUT2D eigenvalue weighted by molar-refractivity contribution is 0.0634. The smallest absolute Gasteiger partial charge is 0.329 e. The predicted molar refractivity (Wildman–Crippen MR) is 90.0 cm³/mol. The fraction of sp³-hybridized carbons (Fsp3) is 0.765. The van der Waals surface area contributed by atoms with Gasteiger partial charge in [-0.25, -0.2) is 5.11 Å². The molecule has 0 saturated carbocycles. The molecule has 0 rings (SSSR count). The van der Waals surface area contributed by atoms with Crippen LogP contribution < -0.4 is 0 Å². The summed E-state index contributed by atoms with van der Waals surface area (Å²) in [6.45, 7) is 11.3. The lowest BCUT2D eigenvalue weighted by Crippen LogP contribution is -2.20. The van der Waals surface area contributed by atoms with Crippen molar-refractivity contribution < 1.29 is 9.84 Å². The monoisotopic (exact) mass is 297 g/mol. The van der Waals surface area contributed by atoms with E-state index in [2.05, 4.69) is 32.6 Å². The summed E-state index contributed by atoms with van der Waals surface area (Å²) in [6.07, 6.45) is 11.7. The Kier molecular flexibility index (Phi) is 10.6. The summed E-state index contributed by atoms with van der Waals surface area (Å²) in [5, 5.41) is 11.8. The molecule has 0 amide bonds. The first-order valence-corrected chi connectivity index (χ1v) is 11.7. The Balaban J connectivity index is 3.74. The largest absolute Gasteiger partial charge is 0.458 e. The van der Waals surface area contributed by atoms with Gasteiger partial charge in [-0.2, -0.15) is 0 Å². The highest BCUT2D eigenvalue weighted by molar-refractivity contribution is 6.76. The van der Waals surface area contributed by atoms with Crippen molar-refractivity contribution >= 4 is 8.07 Å². The van der Waals surface area contributed by atoms with Crippen molar-refractivity contribution in [2.24, 2.45) is 0 Å². The molecule has 0 aliphatic carbocycles. The molecular weight excluding hydrogens is 264 g/mol. The van der Waals surface area contributed by atoms with Gasteiger partial charge in [0.1, 0.15) is 6.61 Å². The van der Waals surface area contributed by atoms with E-state index in [1.807, 2.05) is 13.0 Å². The molecule has 0 saturated heterocycles. The van der Waals surface area contributed by atoms with Gasteiger partial charge in [0.15, 0.2) is 0 Å². The van der Waals surface area contributed by atoms with Gasteiger partial charge in [0.05, 0.1) is 0 Å². The van der Waals surface area contributed by atoms with Crippen LogP contribution in [0.5, 0.6) is 0 Å². The molecule has 0 aromatic rings. The quantitative estimate of drug-likeness (QED) is 0.201. The Morgan fingerprint density at radius 1 is 1.05 bits per heavy atom. The molecule has 1 radical (unpaired) electrons. The van der Waals surface area contributed by atoms with Crippen LogP contribution >= 0.6 is 0 Å². The zero-order valence-electron chi connectivity index (χ0n) is 14.1. The highest BCUT2D eigenvalue weighted by atomic mass is 28.3. The highest BCUT2D eigenvalue weighted by Gasteiger charge is 2.16. The average Bonchev–Trinajstić information content (AvgIpc) is 2.34. The minimum absolute atomic E-state index is 0.125. The van der Waals surface area contributed by atoms with Gasteiger partial charge >= 0.3 is 5.95 Å². The number of allylic oxidation sites excluding steroid dienone is 2. The summed E-state index contributed by atoms with van der Waals surface area (Å²) < 4.78 is 5.25. The maximum absolute atomic E-state index is 11.8. The molecule has 0 aromatic carbocycles. The van der Waals surface area contributed by atoms with E-state index in [-0.39, 0.29) is 5.95 Å². The van der Waals surface area contributed by atoms with Crippen LogP contribution in [0.4, 0.5) is 0 Å². The SMILES string of the molecule is CCCCCCCC=CCOC([O])=C(C)C[Si](C)(C)C. The zero-order chi connectivity index (χ0) is 15.4. The first kappa shape index (κ1) is 19.3. The molecule has 2 nitrogen and oxygen atoms in total. The first-order valence-electron chi connectivity index (χ1n) is 8.01. The van der Waals surface area contributed by atoms with Crippen molar-refractivity contribution in [3.8, 4) is 0 Å². The topological polar surface area (TPSA) is 29.1 Å². The minimum Gasteiger partial charge on any atom is -0.458 e. The average molecular weight is 298 g/mol. The molecule has 0 aliphatic rings. The number of rotatable bonds is 11. The van der Waals surface area contributed by atoms with Gasteiger partial charge in [-0.1, -0.05) is 64.4 Å². The van der Waals surface area contributed by atoms with Crippen molar-refractivity contribution in [1.82, 2.24) is 0 Å². The van der Waals surface area contributed by atoms with E-state index in [4.69, 9.17) is 4.74 Å². The minimum atomic E-state index is -1.22. The van der Waals surface area contributed by atoms with Crippen molar-refractivity contribution in [2.45, 2.75) is 78.1 Å². The van der Waals surface area contributed by atoms with Crippen molar-refractivity contribution in [1.29, 1.82) is 0 Å². The molecule has 0 N–H and O–H groups in total. The van der Waals surface area contributed by atoms with Crippen LogP contribution in [0.3, 0.4) is 0 Å². The molecule has 0 heterocycles. The number of unbranched alkanes of at least 4 members (excludes halogenated alkanes) is 5. The van der Waals surface area contributed by atoms with E-state index in [0.717, 1.165) is 18.0 Å². The summed E-state index contributed by atoms with van der Waals surface area (Å²) in [7, 11) is -1.22. The summed E-state index contributed by atoms with van der Waals surface area (Å²) in [6, 6.07) is 0.924. The van der Waals surface area contributed by atoms with E-state index >= 15 is 0 Å². The molecule has 0 atom stereocenters. The Labute approximate surface area is 126 Å². The van der Waals surface area contributed by atoms with E-state index in [1.54, 1.807) is 0 Å². The molecule has 0 fully saturated rings. The molecule has 20 heavy (non-hydrogen) atoms. The van der Waals surface area contributed by atoms with Crippen LogP contribution in [0.25, 0.3) is 0 Å². The maximum atomic E-state index is 11.8. The molecule has 0 bridgehead atoms. The third-order valence-corrected chi connectivity index (χ3v) is 4.69. The Morgan fingerprint density at radius 3 is 2.30 bits per heavy atom. The van der Waals surface area contributed by atoms with Gasteiger partial charge in [-0.3, -0.25) is 0 Å². The van der Waals surface area contributed by atoms with Crippen molar-refractivity contribution in [3.63, 3.8) is 0 Å². The third-order valence-electron chi connectivity index (χ3n) is 3.10. The maximum Gasteiger partial charge on any atom is 0.329 e. The lowest BCUT2D eigenvalue weighted by atomic mass is 10.1. The van der Waals surface area contributed by atoms with Gasteiger partial charge < -0.3 is 4.74 Å². The van der Waals surface area contributed by atoms with Gasteiger partial charge in [-0.05, 0) is 25.8 Å². The lowest BCUT2D eigenvalue weighted by Gasteiger charge is -2.15. The Bertz CT molecular complexity index is 301. The van der Waals surface area contributed by atoms with E-state index in [9.17, 15) is 5.11 Å². The normalized spacial score (nSPS) is 13.7. The molecular formula is C17H33O2Si. The summed E-state index contributed by atoms with van der Waals surface area (Å²) in [4.78, 5) is 0. The van der Waals surface area contributed by atoms with E-state index in [1.165, 1.54) is 32.1 Å². The fourth-order valence-corrected chi connectivity index (χ4v) is 3.90. The predicted octanol–water partition coefficient (Wildman–Crippen LogP) is 5.92. The second-order valence-electron chi connectivity index (χ2n) is 6.79. The molecule has 117 valence electrons. The number of ether oxygens (including phenoxy) is 1. The summed E-state index contributed by atoms with van der Waals surface area (Å²) >= 11 is 0. The molecule has 0 aliphatic heterocycles. The summed E-state index contributed by atoms with van der Waals surface area (Å²) in [5.41, 5.74) is 0.872. The van der Waals surface area contributed by atoms with Crippen molar-refractivity contribution in [2.75, 3.05) is 6.61 Å². The standard InChI is InChI=1S/C17H33O2Si/c1-6-7-8-9-10-11-12-13-14-19-17(18)16(2)15-20(3,4)5/h12-13H,6-11,14-15H2,1-5H3. The molecule has 0 unspecified atom stereocenters. The Morgan fingerprint density at radius 2 is 1.70 bits per heavy atom. The van der Waals surface area contributed by atoms with Crippen LogP contribution in [0.2, 0.25) is 25.7 Å². The second kappa shape index (κ2) is 11.0.